The monoisotopic (exact) mass is 356 g/mol. The smallest absolute Gasteiger partial charge is 0.309 e. The van der Waals surface area contributed by atoms with Crippen molar-refractivity contribution in [3.05, 3.63) is 0 Å². The molecule has 1 aliphatic carbocycles. The van der Waals surface area contributed by atoms with E-state index < -0.39 is 23.9 Å². The van der Waals surface area contributed by atoms with Crippen molar-refractivity contribution in [1.82, 2.24) is 0 Å². The molecule has 3 aliphatic rings. The summed E-state index contributed by atoms with van der Waals surface area (Å²) >= 11 is 0. The van der Waals surface area contributed by atoms with E-state index in [0.29, 0.717) is 38.3 Å². The summed E-state index contributed by atoms with van der Waals surface area (Å²) in [4.78, 5) is 24.7. The van der Waals surface area contributed by atoms with Crippen LogP contribution >= 0.6 is 0 Å². The summed E-state index contributed by atoms with van der Waals surface area (Å²) in [5.74, 6) is -1.87. The van der Waals surface area contributed by atoms with Crippen LogP contribution in [0.2, 0.25) is 0 Å². The number of carbonyl (C=O) groups excluding carboxylic acids is 2. The Bertz CT molecular complexity index is 458. The lowest BCUT2D eigenvalue weighted by Gasteiger charge is -2.31. The van der Waals surface area contributed by atoms with Gasteiger partial charge in [-0.2, -0.15) is 0 Å². The van der Waals surface area contributed by atoms with E-state index >= 15 is 0 Å². The van der Waals surface area contributed by atoms with Crippen molar-refractivity contribution in [3.63, 3.8) is 0 Å². The quantitative estimate of drug-likeness (QED) is 0.357. The Hall–Kier alpha value is -1.18. The normalized spacial score (nSPS) is 33.6. The van der Waals surface area contributed by atoms with Crippen LogP contribution in [0, 0.1) is 11.8 Å². The summed E-state index contributed by atoms with van der Waals surface area (Å²) in [7, 11) is 0. The van der Waals surface area contributed by atoms with Gasteiger partial charge in [-0.3, -0.25) is 9.59 Å². The third-order valence-corrected chi connectivity index (χ3v) is 5.06. The number of ether oxygens (including phenoxy) is 4. The van der Waals surface area contributed by atoms with Crippen LogP contribution in [0.5, 0.6) is 0 Å². The van der Waals surface area contributed by atoms with Crippen LogP contribution in [0.4, 0.5) is 0 Å². The molecule has 0 amide bonds. The highest BCUT2D eigenvalue weighted by Gasteiger charge is 2.40. The van der Waals surface area contributed by atoms with Crippen LogP contribution in [0.25, 0.3) is 0 Å². The number of hydrogen-bond acceptors (Lipinski definition) is 7. The number of aliphatic hydroxyl groups excluding tert-OH is 1. The molecule has 5 atom stereocenters. The first-order chi connectivity index (χ1) is 12.1. The molecule has 0 aromatic rings. The van der Waals surface area contributed by atoms with Gasteiger partial charge in [0.1, 0.15) is 0 Å². The average molecular weight is 356 g/mol. The summed E-state index contributed by atoms with van der Waals surface area (Å²) in [6.07, 6.45) is 4.62. The molecular formula is C18H28O7. The Balaban J connectivity index is 1.41. The summed E-state index contributed by atoms with van der Waals surface area (Å²) in [6.45, 7) is 2.27. The molecule has 3 fully saturated rings. The Kier molecular flexibility index (Phi) is 6.67. The van der Waals surface area contributed by atoms with Crippen LogP contribution in [-0.2, 0) is 28.5 Å². The molecule has 0 aromatic heterocycles. The highest BCUT2D eigenvalue weighted by Crippen LogP contribution is 2.32. The van der Waals surface area contributed by atoms with Gasteiger partial charge >= 0.3 is 11.9 Å². The van der Waals surface area contributed by atoms with Crippen molar-refractivity contribution in [2.24, 2.45) is 11.8 Å². The minimum Gasteiger partial charge on any atom is -0.465 e. The van der Waals surface area contributed by atoms with Gasteiger partial charge < -0.3 is 24.1 Å². The highest BCUT2D eigenvalue weighted by molar-refractivity contribution is 5.82. The number of carbonyl (C=O) groups is 2. The standard InChI is InChI=1S/C18H28O7/c19-12-5-6-15(17(20)22-7-1-3-13-10-24-13)16(9-12)18(21)23-8-2-4-14-11-25-14/h12-16,19H,1-11H2. The zero-order valence-corrected chi connectivity index (χ0v) is 14.6. The summed E-state index contributed by atoms with van der Waals surface area (Å²) in [5, 5.41) is 9.87. The number of rotatable bonds is 10. The lowest BCUT2D eigenvalue weighted by Crippen LogP contribution is -2.39. The molecule has 2 saturated heterocycles. The van der Waals surface area contributed by atoms with Crippen molar-refractivity contribution in [2.45, 2.75) is 63.3 Å². The fourth-order valence-electron chi connectivity index (χ4n) is 3.34. The topological polar surface area (TPSA) is 97.9 Å². The maximum Gasteiger partial charge on any atom is 0.309 e. The molecule has 2 heterocycles. The van der Waals surface area contributed by atoms with Crippen LogP contribution < -0.4 is 0 Å². The molecule has 5 unspecified atom stereocenters. The zero-order valence-electron chi connectivity index (χ0n) is 14.6. The van der Waals surface area contributed by atoms with Gasteiger partial charge in [-0.25, -0.2) is 0 Å². The maximum atomic E-state index is 12.4. The van der Waals surface area contributed by atoms with Crippen molar-refractivity contribution in [2.75, 3.05) is 26.4 Å². The fourth-order valence-corrected chi connectivity index (χ4v) is 3.34. The molecule has 25 heavy (non-hydrogen) atoms. The first-order valence-corrected chi connectivity index (χ1v) is 9.38. The minimum absolute atomic E-state index is 0.264. The molecule has 2 aliphatic heterocycles. The molecule has 7 nitrogen and oxygen atoms in total. The van der Waals surface area contributed by atoms with E-state index in [1.54, 1.807) is 0 Å². The Morgan fingerprint density at radius 2 is 1.40 bits per heavy atom. The summed E-state index contributed by atoms with van der Waals surface area (Å²) in [6, 6.07) is 0. The average Bonchev–Trinajstić information content (AvgIpc) is 3.50. The van der Waals surface area contributed by atoms with Gasteiger partial charge in [0.05, 0.1) is 56.6 Å². The van der Waals surface area contributed by atoms with E-state index in [-0.39, 0.29) is 12.4 Å². The largest absolute Gasteiger partial charge is 0.465 e. The lowest BCUT2D eigenvalue weighted by atomic mass is 9.78. The van der Waals surface area contributed by atoms with E-state index in [2.05, 4.69) is 0 Å². The van der Waals surface area contributed by atoms with Gasteiger partial charge in [-0.05, 0) is 44.9 Å². The van der Waals surface area contributed by atoms with Gasteiger partial charge in [-0.15, -0.1) is 0 Å². The molecule has 3 rings (SSSR count). The third-order valence-electron chi connectivity index (χ3n) is 5.06. The van der Waals surface area contributed by atoms with Crippen molar-refractivity contribution in [3.8, 4) is 0 Å². The van der Waals surface area contributed by atoms with Gasteiger partial charge in [0, 0.05) is 0 Å². The van der Waals surface area contributed by atoms with Gasteiger partial charge in [0.2, 0.25) is 0 Å². The highest BCUT2D eigenvalue weighted by atomic mass is 16.6. The first kappa shape index (κ1) is 18.6. The van der Waals surface area contributed by atoms with Crippen molar-refractivity contribution < 1.29 is 33.6 Å². The van der Waals surface area contributed by atoms with Crippen molar-refractivity contribution >= 4 is 11.9 Å². The molecular weight excluding hydrogens is 328 g/mol. The molecule has 0 radical (unpaired) electrons. The molecule has 0 aromatic carbocycles. The maximum absolute atomic E-state index is 12.4. The van der Waals surface area contributed by atoms with E-state index in [9.17, 15) is 14.7 Å². The molecule has 142 valence electrons. The number of hydrogen-bond donors (Lipinski definition) is 1. The Morgan fingerprint density at radius 1 is 0.880 bits per heavy atom. The SMILES string of the molecule is O=C(OCCCC1CO1)C1CCC(O)CC1C(=O)OCCCC1CO1. The first-order valence-electron chi connectivity index (χ1n) is 9.38. The number of epoxide rings is 2. The second-order valence-electron chi connectivity index (χ2n) is 7.21. The molecule has 0 bridgehead atoms. The Labute approximate surface area is 147 Å². The third kappa shape index (κ3) is 6.24. The second kappa shape index (κ2) is 8.96. The Morgan fingerprint density at radius 3 is 1.92 bits per heavy atom. The minimum atomic E-state index is -0.611. The molecule has 1 N–H and O–H groups in total. The second-order valence-corrected chi connectivity index (χ2v) is 7.21. The zero-order chi connectivity index (χ0) is 17.6. The van der Waals surface area contributed by atoms with Crippen LogP contribution in [0.15, 0.2) is 0 Å². The predicted octanol–water partition coefficient (Wildman–Crippen LogP) is 1.21. The molecule has 0 spiro atoms. The fraction of sp³-hybridized carbons (Fsp3) is 0.889. The van der Waals surface area contributed by atoms with E-state index in [4.69, 9.17) is 18.9 Å². The lowest BCUT2D eigenvalue weighted by molar-refractivity contribution is -0.165. The van der Waals surface area contributed by atoms with Crippen molar-refractivity contribution in [1.29, 1.82) is 0 Å². The number of esters is 2. The van der Waals surface area contributed by atoms with Crippen LogP contribution in [0.1, 0.15) is 44.9 Å². The van der Waals surface area contributed by atoms with Crippen LogP contribution in [0.3, 0.4) is 0 Å². The predicted molar refractivity (Wildman–Crippen MR) is 86.7 cm³/mol. The van der Waals surface area contributed by atoms with Gasteiger partial charge in [0.25, 0.3) is 0 Å². The van der Waals surface area contributed by atoms with Gasteiger partial charge in [0.15, 0.2) is 0 Å². The molecule has 7 heteroatoms. The summed E-state index contributed by atoms with van der Waals surface area (Å²) < 4.78 is 20.9. The summed E-state index contributed by atoms with van der Waals surface area (Å²) in [5.41, 5.74) is 0. The van der Waals surface area contributed by atoms with E-state index in [1.165, 1.54) is 0 Å². The van der Waals surface area contributed by atoms with Crippen LogP contribution in [-0.4, -0.2) is 61.8 Å². The van der Waals surface area contributed by atoms with E-state index in [1.807, 2.05) is 0 Å². The number of aliphatic hydroxyl groups is 1. The molecule has 1 saturated carbocycles. The van der Waals surface area contributed by atoms with Gasteiger partial charge in [-0.1, -0.05) is 0 Å². The van der Waals surface area contributed by atoms with E-state index in [0.717, 1.165) is 38.9 Å².